The molecule has 0 saturated heterocycles. The van der Waals surface area contributed by atoms with Crippen LogP contribution < -0.4 is 5.73 Å². The summed E-state index contributed by atoms with van der Waals surface area (Å²) in [5, 5.41) is 13.5. The van der Waals surface area contributed by atoms with Gasteiger partial charge in [0, 0.05) is 12.2 Å². The van der Waals surface area contributed by atoms with Crippen molar-refractivity contribution in [3.8, 4) is 10.6 Å². The molecule has 0 aromatic carbocycles. The van der Waals surface area contributed by atoms with Gasteiger partial charge in [0.15, 0.2) is 5.01 Å². The Balaban J connectivity index is 2.44. The fourth-order valence-corrected chi connectivity index (χ4v) is 1.97. The number of hydrogen-bond acceptors (Lipinski definition) is 5. The van der Waals surface area contributed by atoms with Crippen molar-refractivity contribution in [2.75, 3.05) is 5.73 Å². The van der Waals surface area contributed by atoms with Crippen LogP contribution in [-0.4, -0.2) is 20.0 Å². The van der Waals surface area contributed by atoms with Crippen molar-refractivity contribution in [1.29, 1.82) is 0 Å². The van der Waals surface area contributed by atoms with Gasteiger partial charge in [0.1, 0.15) is 0 Å². The molecule has 0 fully saturated rings. The van der Waals surface area contributed by atoms with Crippen molar-refractivity contribution >= 4 is 16.5 Å². The van der Waals surface area contributed by atoms with Crippen LogP contribution >= 0.6 is 11.3 Å². The van der Waals surface area contributed by atoms with E-state index in [0.29, 0.717) is 11.2 Å². The van der Waals surface area contributed by atoms with E-state index in [4.69, 9.17) is 5.73 Å². The lowest BCUT2D eigenvalue weighted by Crippen LogP contribution is -2.00. The zero-order valence-corrected chi connectivity index (χ0v) is 9.75. The van der Waals surface area contributed by atoms with E-state index in [1.54, 1.807) is 0 Å². The molecule has 0 unspecified atom stereocenters. The van der Waals surface area contributed by atoms with E-state index < -0.39 is 0 Å². The Hall–Kier alpha value is -1.43. The van der Waals surface area contributed by atoms with E-state index in [0.717, 1.165) is 16.3 Å². The first-order chi connectivity index (χ1) is 7.08. The van der Waals surface area contributed by atoms with Crippen molar-refractivity contribution in [1.82, 2.24) is 20.0 Å². The lowest BCUT2D eigenvalue weighted by Gasteiger charge is -2.02. The third kappa shape index (κ3) is 1.85. The Bertz CT molecular complexity index is 471. The van der Waals surface area contributed by atoms with E-state index in [9.17, 15) is 0 Å². The molecule has 2 heterocycles. The Morgan fingerprint density at radius 1 is 1.40 bits per heavy atom. The maximum absolute atomic E-state index is 5.55. The number of nitrogen functional groups attached to an aromatic ring is 1. The summed E-state index contributed by atoms with van der Waals surface area (Å²) in [6, 6.07) is 0.350. The first kappa shape index (κ1) is 10.1. The normalized spacial score (nSPS) is 11.2. The summed E-state index contributed by atoms with van der Waals surface area (Å²) >= 11 is 1.38. The van der Waals surface area contributed by atoms with Crippen LogP contribution in [0.25, 0.3) is 10.6 Å². The van der Waals surface area contributed by atoms with Crippen LogP contribution in [-0.2, 0) is 0 Å². The molecule has 0 saturated carbocycles. The SMILES string of the molecule is Cc1nn(C(C)C)cc1-c1nnc(N)s1. The molecule has 0 aliphatic heterocycles. The van der Waals surface area contributed by atoms with Gasteiger partial charge >= 0.3 is 0 Å². The highest BCUT2D eigenvalue weighted by Crippen LogP contribution is 2.27. The van der Waals surface area contributed by atoms with Gasteiger partial charge in [0.05, 0.1) is 11.3 Å². The molecule has 0 bridgehead atoms. The molecular weight excluding hydrogens is 210 g/mol. The summed E-state index contributed by atoms with van der Waals surface area (Å²) in [5.74, 6) is 0. The molecule has 0 radical (unpaired) electrons. The lowest BCUT2D eigenvalue weighted by molar-refractivity contribution is 0.529. The largest absolute Gasteiger partial charge is 0.374 e. The number of nitrogens with zero attached hydrogens (tertiary/aromatic N) is 4. The van der Waals surface area contributed by atoms with Crippen LogP contribution in [0.3, 0.4) is 0 Å². The van der Waals surface area contributed by atoms with Crippen LogP contribution in [0.1, 0.15) is 25.6 Å². The second-order valence-electron chi connectivity index (χ2n) is 3.65. The maximum atomic E-state index is 5.55. The summed E-state index contributed by atoms with van der Waals surface area (Å²) < 4.78 is 1.92. The topological polar surface area (TPSA) is 69.6 Å². The van der Waals surface area contributed by atoms with Crippen molar-refractivity contribution < 1.29 is 0 Å². The Morgan fingerprint density at radius 3 is 2.60 bits per heavy atom. The maximum Gasteiger partial charge on any atom is 0.203 e. The molecule has 0 spiro atoms. The Morgan fingerprint density at radius 2 is 2.13 bits per heavy atom. The second kappa shape index (κ2) is 3.62. The van der Waals surface area contributed by atoms with Gasteiger partial charge in [-0.05, 0) is 20.8 Å². The van der Waals surface area contributed by atoms with E-state index in [-0.39, 0.29) is 0 Å². The molecule has 0 aliphatic carbocycles. The molecule has 2 rings (SSSR count). The number of hydrogen-bond donors (Lipinski definition) is 1. The minimum atomic E-state index is 0.350. The van der Waals surface area contributed by atoms with Gasteiger partial charge in [-0.15, -0.1) is 10.2 Å². The predicted molar refractivity (Wildman–Crippen MR) is 60.7 cm³/mol. The molecule has 6 heteroatoms. The van der Waals surface area contributed by atoms with Crippen LogP contribution in [0.4, 0.5) is 5.13 Å². The average Bonchev–Trinajstić information content (AvgIpc) is 2.71. The third-order valence-electron chi connectivity index (χ3n) is 2.12. The van der Waals surface area contributed by atoms with Crippen LogP contribution in [0.15, 0.2) is 6.20 Å². The minimum Gasteiger partial charge on any atom is -0.374 e. The molecule has 0 aliphatic rings. The molecule has 5 nitrogen and oxygen atoms in total. The van der Waals surface area contributed by atoms with Crippen LogP contribution in [0, 0.1) is 6.92 Å². The fourth-order valence-electron chi connectivity index (χ4n) is 1.30. The van der Waals surface area contributed by atoms with Crippen molar-refractivity contribution in [3.63, 3.8) is 0 Å². The monoisotopic (exact) mass is 223 g/mol. The summed E-state index contributed by atoms with van der Waals surface area (Å²) in [6.07, 6.45) is 1.99. The summed E-state index contributed by atoms with van der Waals surface area (Å²) in [7, 11) is 0. The minimum absolute atomic E-state index is 0.350. The van der Waals surface area contributed by atoms with Crippen molar-refractivity contribution in [2.24, 2.45) is 0 Å². The van der Waals surface area contributed by atoms with E-state index in [1.165, 1.54) is 11.3 Å². The highest BCUT2D eigenvalue weighted by molar-refractivity contribution is 7.18. The van der Waals surface area contributed by atoms with Crippen molar-refractivity contribution in [2.45, 2.75) is 26.8 Å². The van der Waals surface area contributed by atoms with Gasteiger partial charge in [-0.2, -0.15) is 5.10 Å². The first-order valence-electron chi connectivity index (χ1n) is 4.73. The third-order valence-corrected chi connectivity index (χ3v) is 2.90. The fraction of sp³-hybridized carbons (Fsp3) is 0.444. The molecule has 80 valence electrons. The number of anilines is 1. The van der Waals surface area contributed by atoms with E-state index >= 15 is 0 Å². The van der Waals surface area contributed by atoms with Gasteiger partial charge in [0.2, 0.25) is 5.13 Å². The van der Waals surface area contributed by atoms with E-state index in [2.05, 4.69) is 29.1 Å². The number of aryl methyl sites for hydroxylation is 1. The summed E-state index contributed by atoms with van der Waals surface area (Å²) in [5.41, 5.74) is 7.52. The molecule has 0 amide bonds. The Labute approximate surface area is 91.9 Å². The average molecular weight is 223 g/mol. The van der Waals surface area contributed by atoms with Crippen LogP contribution in [0.2, 0.25) is 0 Å². The molecular formula is C9H13N5S. The zero-order chi connectivity index (χ0) is 11.0. The van der Waals surface area contributed by atoms with E-state index in [1.807, 2.05) is 17.8 Å². The quantitative estimate of drug-likeness (QED) is 0.843. The molecule has 0 atom stereocenters. The van der Waals surface area contributed by atoms with Crippen molar-refractivity contribution in [3.05, 3.63) is 11.9 Å². The summed E-state index contributed by atoms with van der Waals surface area (Å²) in [4.78, 5) is 0. The first-order valence-corrected chi connectivity index (χ1v) is 5.54. The standard InChI is InChI=1S/C9H13N5S/c1-5(2)14-4-7(6(3)13-14)8-11-12-9(10)15-8/h4-5H,1-3H3,(H2,10,12). The molecule has 2 N–H and O–H groups in total. The summed E-state index contributed by atoms with van der Waals surface area (Å²) in [6.45, 7) is 6.14. The smallest absolute Gasteiger partial charge is 0.203 e. The lowest BCUT2D eigenvalue weighted by atomic mass is 10.3. The predicted octanol–water partition coefficient (Wildman–Crippen LogP) is 1.87. The number of rotatable bonds is 2. The number of aromatic nitrogens is 4. The van der Waals surface area contributed by atoms with Crippen LogP contribution in [0.5, 0.6) is 0 Å². The molecule has 15 heavy (non-hydrogen) atoms. The molecule has 2 aromatic heterocycles. The Kier molecular flexibility index (Phi) is 2.44. The van der Waals surface area contributed by atoms with Gasteiger partial charge in [0.25, 0.3) is 0 Å². The highest BCUT2D eigenvalue weighted by Gasteiger charge is 2.12. The van der Waals surface area contributed by atoms with Gasteiger partial charge in [-0.3, -0.25) is 4.68 Å². The zero-order valence-electron chi connectivity index (χ0n) is 8.93. The second-order valence-corrected chi connectivity index (χ2v) is 4.66. The number of nitrogens with two attached hydrogens (primary N) is 1. The molecule has 2 aromatic rings. The highest BCUT2D eigenvalue weighted by atomic mass is 32.1. The van der Waals surface area contributed by atoms with Gasteiger partial charge < -0.3 is 5.73 Å². The van der Waals surface area contributed by atoms with Gasteiger partial charge in [-0.25, -0.2) is 0 Å². The van der Waals surface area contributed by atoms with Gasteiger partial charge in [-0.1, -0.05) is 11.3 Å².